The molecule has 0 radical (unpaired) electrons. The number of non-ortho nitro benzene ring substituents is 1. The van der Waals surface area contributed by atoms with Crippen molar-refractivity contribution >= 4 is 27.1 Å². The van der Waals surface area contributed by atoms with Crippen molar-refractivity contribution in [3.05, 3.63) is 71.3 Å². The van der Waals surface area contributed by atoms with Crippen LogP contribution in [0.4, 0.5) is 11.4 Å². The van der Waals surface area contributed by atoms with Crippen molar-refractivity contribution in [2.75, 3.05) is 18.4 Å². The topological polar surface area (TPSA) is 118 Å². The van der Waals surface area contributed by atoms with E-state index in [2.05, 4.69) is 17.2 Å². The summed E-state index contributed by atoms with van der Waals surface area (Å²) in [5.41, 5.74) is -0.255. The second-order valence-electron chi connectivity index (χ2n) is 5.20. The minimum absolute atomic E-state index is 0.000318. The fourth-order valence-electron chi connectivity index (χ4n) is 2.14. The molecule has 0 aliphatic carbocycles. The Morgan fingerprint density at radius 1 is 1.19 bits per heavy atom. The highest BCUT2D eigenvalue weighted by Crippen LogP contribution is 2.31. The van der Waals surface area contributed by atoms with Crippen molar-refractivity contribution in [2.45, 2.75) is 9.79 Å². The number of carbonyl (C=O) groups excluding carboxylic acids is 1. The Bertz CT molecular complexity index is 927. The number of anilines is 1. The van der Waals surface area contributed by atoms with E-state index in [1.165, 1.54) is 30.3 Å². The van der Waals surface area contributed by atoms with Crippen molar-refractivity contribution < 1.29 is 18.1 Å². The molecule has 0 fully saturated rings. The van der Waals surface area contributed by atoms with Crippen LogP contribution in [0.25, 0.3) is 0 Å². The zero-order valence-corrected chi connectivity index (χ0v) is 14.5. The molecule has 26 heavy (non-hydrogen) atoms. The molecule has 1 amide bonds. The molecular formula is C17H17N3O5S. The summed E-state index contributed by atoms with van der Waals surface area (Å²) in [6, 6.07) is 11.0. The molecule has 0 aliphatic rings. The molecule has 0 bridgehead atoms. The van der Waals surface area contributed by atoms with E-state index in [4.69, 9.17) is 0 Å². The third-order valence-electron chi connectivity index (χ3n) is 3.40. The Labute approximate surface area is 150 Å². The van der Waals surface area contributed by atoms with Crippen LogP contribution in [0.1, 0.15) is 0 Å². The van der Waals surface area contributed by atoms with E-state index in [0.717, 1.165) is 6.07 Å². The quantitative estimate of drug-likeness (QED) is 0.414. The first kappa shape index (κ1) is 19.1. The number of benzene rings is 2. The summed E-state index contributed by atoms with van der Waals surface area (Å²) in [7, 11) is -4.01. The maximum atomic E-state index is 12.9. The zero-order chi connectivity index (χ0) is 19.2. The Balaban J connectivity index is 2.41. The summed E-state index contributed by atoms with van der Waals surface area (Å²) in [5.74, 6) is -0.369. The van der Waals surface area contributed by atoms with E-state index in [9.17, 15) is 23.3 Å². The van der Waals surface area contributed by atoms with Gasteiger partial charge in [-0.15, -0.1) is 6.58 Å². The largest absolute Gasteiger partial charge is 0.375 e. The number of rotatable bonds is 8. The maximum Gasteiger partial charge on any atom is 0.270 e. The van der Waals surface area contributed by atoms with Gasteiger partial charge >= 0.3 is 0 Å². The monoisotopic (exact) mass is 375 g/mol. The smallest absolute Gasteiger partial charge is 0.270 e. The number of hydrogen-bond donors (Lipinski definition) is 2. The van der Waals surface area contributed by atoms with Crippen molar-refractivity contribution in [3.63, 3.8) is 0 Å². The van der Waals surface area contributed by atoms with E-state index >= 15 is 0 Å². The lowest BCUT2D eigenvalue weighted by Gasteiger charge is -2.12. The van der Waals surface area contributed by atoms with Gasteiger partial charge in [-0.05, 0) is 18.2 Å². The van der Waals surface area contributed by atoms with Crippen LogP contribution in [0, 0.1) is 10.1 Å². The number of nitrogens with one attached hydrogen (secondary N) is 2. The van der Waals surface area contributed by atoms with Crippen LogP contribution in [0.15, 0.2) is 71.0 Å². The molecule has 8 nitrogen and oxygen atoms in total. The average Bonchev–Trinajstić information content (AvgIpc) is 2.65. The molecule has 0 aliphatic heterocycles. The number of nitro groups is 1. The van der Waals surface area contributed by atoms with Gasteiger partial charge in [0.05, 0.1) is 22.1 Å². The van der Waals surface area contributed by atoms with E-state index in [0.29, 0.717) is 0 Å². The van der Waals surface area contributed by atoms with Crippen LogP contribution >= 0.6 is 0 Å². The summed E-state index contributed by atoms with van der Waals surface area (Å²) < 4.78 is 25.7. The van der Waals surface area contributed by atoms with Crippen LogP contribution in [0.3, 0.4) is 0 Å². The Kier molecular flexibility index (Phi) is 6.07. The van der Waals surface area contributed by atoms with Crippen LogP contribution in [-0.4, -0.2) is 32.3 Å². The molecule has 2 N–H and O–H groups in total. The van der Waals surface area contributed by atoms with Crippen molar-refractivity contribution in [1.82, 2.24) is 5.32 Å². The van der Waals surface area contributed by atoms with Gasteiger partial charge in [0, 0.05) is 18.7 Å². The molecule has 0 heterocycles. The summed E-state index contributed by atoms with van der Waals surface area (Å²) >= 11 is 0. The number of hydrogen-bond acceptors (Lipinski definition) is 6. The molecule has 0 saturated carbocycles. The summed E-state index contributed by atoms with van der Waals surface area (Å²) in [4.78, 5) is 21.8. The summed E-state index contributed by atoms with van der Waals surface area (Å²) in [6.45, 7) is 3.56. The van der Waals surface area contributed by atoms with Crippen molar-refractivity contribution in [2.24, 2.45) is 0 Å². The Hall–Kier alpha value is -3.20. The van der Waals surface area contributed by atoms with Crippen molar-refractivity contribution in [1.29, 1.82) is 0 Å². The van der Waals surface area contributed by atoms with Gasteiger partial charge in [-0.2, -0.15) is 0 Å². The molecule has 136 valence electrons. The molecule has 2 aromatic rings. The van der Waals surface area contributed by atoms with Crippen LogP contribution < -0.4 is 10.6 Å². The lowest BCUT2D eigenvalue weighted by Crippen LogP contribution is -2.30. The summed E-state index contributed by atoms with van der Waals surface area (Å²) in [6.07, 6.45) is 1.51. The van der Waals surface area contributed by atoms with Gasteiger partial charge < -0.3 is 10.6 Å². The lowest BCUT2D eigenvalue weighted by molar-refractivity contribution is -0.385. The van der Waals surface area contributed by atoms with Crippen LogP contribution in [0.2, 0.25) is 0 Å². The predicted molar refractivity (Wildman–Crippen MR) is 96.7 cm³/mol. The second-order valence-corrected chi connectivity index (χ2v) is 7.12. The molecule has 9 heteroatoms. The van der Waals surface area contributed by atoms with Gasteiger partial charge in [0.25, 0.3) is 5.69 Å². The first-order valence-corrected chi connectivity index (χ1v) is 9.04. The minimum atomic E-state index is -4.01. The highest BCUT2D eigenvalue weighted by molar-refractivity contribution is 7.91. The van der Waals surface area contributed by atoms with Gasteiger partial charge in [0.2, 0.25) is 15.7 Å². The molecular weight excluding hydrogens is 358 g/mol. The third-order valence-corrected chi connectivity index (χ3v) is 5.21. The number of carbonyl (C=O) groups is 1. The first-order chi connectivity index (χ1) is 12.4. The number of nitrogens with zero attached hydrogens (tertiary/aromatic N) is 1. The van der Waals surface area contributed by atoms with Gasteiger partial charge in [-0.3, -0.25) is 14.9 Å². The molecule has 2 rings (SSSR count). The Morgan fingerprint density at radius 2 is 1.88 bits per heavy atom. The van der Waals surface area contributed by atoms with Crippen LogP contribution in [-0.2, 0) is 14.6 Å². The molecule has 0 aromatic heterocycles. The zero-order valence-electron chi connectivity index (χ0n) is 13.7. The fraction of sp³-hybridized carbons (Fsp3) is 0.118. The molecule has 0 spiro atoms. The highest BCUT2D eigenvalue weighted by Gasteiger charge is 2.24. The SMILES string of the molecule is C=CCNC(=O)CNc1ccc([N+](=O)[O-])cc1S(=O)(=O)c1ccccc1. The average molecular weight is 375 g/mol. The minimum Gasteiger partial charge on any atom is -0.375 e. The third kappa shape index (κ3) is 4.45. The first-order valence-electron chi connectivity index (χ1n) is 7.56. The number of amides is 1. The number of nitro benzene ring substituents is 1. The fourth-order valence-corrected chi connectivity index (χ4v) is 3.62. The number of sulfone groups is 1. The lowest BCUT2D eigenvalue weighted by atomic mass is 10.3. The molecule has 2 aromatic carbocycles. The maximum absolute atomic E-state index is 12.9. The van der Waals surface area contributed by atoms with E-state index in [1.54, 1.807) is 18.2 Å². The van der Waals surface area contributed by atoms with E-state index < -0.39 is 14.8 Å². The van der Waals surface area contributed by atoms with Gasteiger partial charge in [-0.1, -0.05) is 24.3 Å². The molecule has 0 atom stereocenters. The van der Waals surface area contributed by atoms with E-state index in [-0.39, 0.29) is 40.2 Å². The second kappa shape index (κ2) is 8.26. The van der Waals surface area contributed by atoms with Gasteiger partial charge in [-0.25, -0.2) is 8.42 Å². The Morgan fingerprint density at radius 3 is 2.50 bits per heavy atom. The summed E-state index contributed by atoms with van der Waals surface area (Å²) in [5, 5.41) is 16.3. The predicted octanol–water partition coefficient (Wildman–Crippen LogP) is 2.14. The van der Waals surface area contributed by atoms with Gasteiger partial charge in [0.15, 0.2) is 0 Å². The van der Waals surface area contributed by atoms with Crippen molar-refractivity contribution in [3.8, 4) is 0 Å². The van der Waals surface area contributed by atoms with Crippen LogP contribution in [0.5, 0.6) is 0 Å². The van der Waals surface area contributed by atoms with Gasteiger partial charge in [0.1, 0.15) is 4.90 Å². The highest BCUT2D eigenvalue weighted by atomic mass is 32.2. The van der Waals surface area contributed by atoms with E-state index in [1.807, 2.05) is 0 Å². The molecule has 0 saturated heterocycles. The normalized spacial score (nSPS) is 10.8. The molecule has 0 unspecified atom stereocenters. The standard InChI is InChI=1S/C17H17N3O5S/c1-2-10-18-17(21)12-19-15-9-8-13(20(22)23)11-16(15)26(24,25)14-6-4-3-5-7-14/h2-9,11,19H,1,10,12H2,(H,18,21).